The van der Waals surface area contributed by atoms with Crippen LogP contribution in [0.15, 0.2) is 46.9 Å². The van der Waals surface area contributed by atoms with Crippen molar-refractivity contribution in [2.24, 2.45) is 0 Å². The Balaban J connectivity index is 2.29. The van der Waals surface area contributed by atoms with Crippen molar-refractivity contribution in [3.63, 3.8) is 0 Å². The minimum Gasteiger partial charge on any atom is -0.307 e. The van der Waals surface area contributed by atoms with Crippen LogP contribution in [0, 0.1) is 6.92 Å². The highest BCUT2D eigenvalue weighted by molar-refractivity contribution is 9.10. The maximum absolute atomic E-state index is 12.5. The van der Waals surface area contributed by atoms with Crippen LogP contribution in [-0.4, -0.2) is 26.2 Å². The zero-order chi connectivity index (χ0) is 17.7. The highest BCUT2D eigenvalue weighted by Gasteiger charge is 2.26. The van der Waals surface area contributed by atoms with E-state index in [-0.39, 0.29) is 6.03 Å². The van der Waals surface area contributed by atoms with Crippen molar-refractivity contribution in [3.05, 3.63) is 52.5 Å². The third-order valence-corrected chi connectivity index (χ3v) is 5.28. The average molecular weight is 391 g/mol. The van der Waals surface area contributed by atoms with Gasteiger partial charge in [-0.15, -0.1) is 0 Å². The average Bonchev–Trinajstić information content (AvgIpc) is 2.58. The summed E-state index contributed by atoms with van der Waals surface area (Å²) >= 11 is 3.45. The van der Waals surface area contributed by atoms with Gasteiger partial charge >= 0.3 is 6.03 Å². The number of hydrogen-bond acceptors (Lipinski definition) is 1. The second kappa shape index (κ2) is 7.81. The molecular weight excluding hydrogens is 366 g/mol. The van der Waals surface area contributed by atoms with Crippen LogP contribution in [0.25, 0.3) is 0 Å². The molecule has 0 unspecified atom stereocenters. The van der Waals surface area contributed by atoms with Gasteiger partial charge in [-0.1, -0.05) is 24.3 Å². The van der Waals surface area contributed by atoms with Gasteiger partial charge in [0.15, 0.2) is 5.69 Å². The number of quaternary nitrogens is 1. The molecule has 0 atom stereocenters. The molecule has 2 aromatic carbocycles. The van der Waals surface area contributed by atoms with Crippen LogP contribution in [0.5, 0.6) is 0 Å². The molecule has 0 saturated heterocycles. The van der Waals surface area contributed by atoms with Crippen LogP contribution in [0.4, 0.5) is 21.9 Å². The molecule has 5 heteroatoms. The predicted molar refractivity (Wildman–Crippen MR) is 107 cm³/mol. The number of halogens is 1. The summed E-state index contributed by atoms with van der Waals surface area (Å²) < 4.78 is 1.62. The Morgan fingerprint density at radius 3 is 2.33 bits per heavy atom. The third-order valence-electron chi connectivity index (χ3n) is 4.59. The van der Waals surface area contributed by atoms with Crippen molar-refractivity contribution in [3.8, 4) is 0 Å². The normalized spacial score (nSPS) is 11.2. The lowest BCUT2D eigenvalue weighted by Crippen LogP contribution is -2.45. The smallest absolute Gasteiger partial charge is 0.307 e. The number of benzene rings is 2. The minimum absolute atomic E-state index is 0.240. The maximum Gasteiger partial charge on any atom is 0.323 e. The zero-order valence-electron chi connectivity index (χ0n) is 14.7. The molecule has 0 spiro atoms. The topological polar surface area (TPSA) is 41.1 Å². The lowest BCUT2D eigenvalue weighted by molar-refractivity contribution is 0.262. The van der Waals surface area contributed by atoms with Gasteiger partial charge < -0.3 is 10.6 Å². The van der Waals surface area contributed by atoms with Crippen LogP contribution in [-0.2, 0) is 0 Å². The molecule has 0 heterocycles. The first-order valence-corrected chi connectivity index (χ1v) is 8.97. The Morgan fingerprint density at radius 2 is 1.71 bits per heavy atom. The van der Waals surface area contributed by atoms with Gasteiger partial charge in [0, 0.05) is 10.5 Å². The summed E-state index contributed by atoms with van der Waals surface area (Å²) in [5.74, 6) is 0. The summed E-state index contributed by atoms with van der Waals surface area (Å²) in [6.45, 7) is 8.27. The van der Waals surface area contributed by atoms with Crippen LogP contribution in [0.3, 0.4) is 0 Å². The molecule has 0 aliphatic heterocycles. The van der Waals surface area contributed by atoms with E-state index in [1.54, 1.807) is 0 Å². The van der Waals surface area contributed by atoms with Crippen molar-refractivity contribution in [2.45, 2.75) is 20.8 Å². The molecule has 24 heavy (non-hydrogen) atoms. The number of hydrogen-bond donors (Lipinski definition) is 2. The van der Waals surface area contributed by atoms with E-state index in [2.05, 4.69) is 53.5 Å². The van der Waals surface area contributed by atoms with Crippen molar-refractivity contribution < 1.29 is 4.79 Å². The first kappa shape index (κ1) is 18.5. The van der Waals surface area contributed by atoms with Crippen molar-refractivity contribution >= 4 is 39.0 Å². The Morgan fingerprint density at radius 1 is 1.04 bits per heavy atom. The first-order valence-electron chi connectivity index (χ1n) is 8.18. The van der Waals surface area contributed by atoms with E-state index in [9.17, 15) is 4.79 Å². The van der Waals surface area contributed by atoms with Crippen molar-refractivity contribution in [2.75, 3.05) is 30.8 Å². The van der Waals surface area contributed by atoms with Crippen molar-refractivity contribution in [1.82, 2.24) is 4.48 Å². The van der Waals surface area contributed by atoms with Crippen LogP contribution in [0.2, 0.25) is 0 Å². The third kappa shape index (κ3) is 3.97. The summed E-state index contributed by atoms with van der Waals surface area (Å²) in [5, 5.41) is 5.94. The van der Waals surface area contributed by atoms with Gasteiger partial charge in [-0.2, -0.15) is 0 Å². The van der Waals surface area contributed by atoms with Gasteiger partial charge in [0.05, 0.1) is 25.8 Å². The lowest BCUT2D eigenvalue weighted by atomic mass is 10.1. The SMILES string of the molecule is CC[N+](C)(CC)c1cccc(C)c1NC(=O)Nc1ccccc1Br. The summed E-state index contributed by atoms with van der Waals surface area (Å²) in [6.07, 6.45) is 0. The Labute approximate surface area is 152 Å². The number of anilines is 2. The summed E-state index contributed by atoms with van der Waals surface area (Å²) in [5.41, 5.74) is 3.81. The molecule has 0 fully saturated rings. The number of aryl methyl sites for hydroxylation is 1. The summed E-state index contributed by atoms with van der Waals surface area (Å²) in [7, 11) is 2.19. The Bertz CT molecular complexity index is 726. The second-order valence-electron chi connectivity index (χ2n) is 6.06. The zero-order valence-corrected chi connectivity index (χ0v) is 16.3. The number of nitrogens with one attached hydrogen (secondary N) is 2. The van der Waals surface area contributed by atoms with E-state index in [0.29, 0.717) is 0 Å². The fraction of sp³-hybridized carbons (Fsp3) is 0.316. The van der Waals surface area contributed by atoms with E-state index in [0.717, 1.165) is 44.7 Å². The van der Waals surface area contributed by atoms with E-state index >= 15 is 0 Å². The quantitative estimate of drug-likeness (QED) is 0.661. The monoisotopic (exact) mass is 390 g/mol. The highest BCUT2D eigenvalue weighted by Crippen LogP contribution is 2.33. The number of urea groups is 1. The number of amides is 2. The van der Waals surface area contributed by atoms with E-state index in [4.69, 9.17) is 0 Å². The number of para-hydroxylation sites is 2. The standard InChI is InChI=1S/C19H24BrN3O/c1-5-23(4,6-2)17-13-9-10-14(3)18(17)22-19(24)21-16-12-8-7-11-15(16)20/h7-13H,5-6H2,1-4H3,(H-,21,22,24)/p+1. The molecule has 2 aromatic rings. The molecular formula is C19H25BrN3O+. The molecule has 0 saturated carbocycles. The van der Waals surface area contributed by atoms with Crippen LogP contribution >= 0.6 is 15.9 Å². The largest absolute Gasteiger partial charge is 0.323 e. The number of carbonyl (C=O) groups excluding carboxylic acids is 1. The molecule has 2 rings (SSSR count). The molecule has 0 aliphatic rings. The van der Waals surface area contributed by atoms with Crippen LogP contribution in [0.1, 0.15) is 19.4 Å². The second-order valence-corrected chi connectivity index (χ2v) is 6.91. The maximum atomic E-state index is 12.5. The lowest BCUT2D eigenvalue weighted by Gasteiger charge is -2.33. The summed E-state index contributed by atoms with van der Waals surface area (Å²) in [6, 6.07) is 13.5. The molecule has 2 N–H and O–H groups in total. The predicted octanol–water partition coefficient (Wildman–Crippen LogP) is 5.38. The fourth-order valence-corrected chi connectivity index (χ4v) is 3.04. The molecule has 0 bridgehead atoms. The summed E-state index contributed by atoms with van der Waals surface area (Å²) in [4.78, 5) is 12.5. The highest BCUT2D eigenvalue weighted by atomic mass is 79.9. The molecule has 2 amide bonds. The minimum atomic E-state index is -0.240. The fourth-order valence-electron chi connectivity index (χ4n) is 2.66. The van der Waals surface area contributed by atoms with E-state index in [1.165, 1.54) is 0 Å². The van der Waals surface area contributed by atoms with Gasteiger partial charge in [0.25, 0.3) is 0 Å². The molecule has 4 nitrogen and oxygen atoms in total. The van der Waals surface area contributed by atoms with Gasteiger partial charge in [-0.25, -0.2) is 4.79 Å². The van der Waals surface area contributed by atoms with Gasteiger partial charge in [-0.3, -0.25) is 4.48 Å². The van der Waals surface area contributed by atoms with Gasteiger partial charge in [0.2, 0.25) is 0 Å². The number of rotatable bonds is 5. The first-order chi connectivity index (χ1) is 11.4. The Hall–Kier alpha value is -1.85. The molecule has 0 aliphatic carbocycles. The van der Waals surface area contributed by atoms with Gasteiger partial charge in [0.1, 0.15) is 5.69 Å². The molecule has 128 valence electrons. The molecule has 0 aromatic heterocycles. The van der Waals surface area contributed by atoms with Crippen LogP contribution < -0.4 is 15.1 Å². The van der Waals surface area contributed by atoms with E-state index in [1.807, 2.05) is 43.3 Å². The van der Waals surface area contributed by atoms with E-state index < -0.39 is 0 Å². The number of nitrogens with zero attached hydrogens (tertiary/aromatic N) is 1. The van der Waals surface area contributed by atoms with Gasteiger partial charge in [-0.05, 0) is 54.4 Å². The molecule has 0 radical (unpaired) electrons. The Kier molecular flexibility index (Phi) is 6.02. The van der Waals surface area contributed by atoms with Crippen molar-refractivity contribution in [1.29, 1.82) is 0 Å². The number of carbonyl (C=O) groups is 1.